The molecule has 0 amide bonds. The van der Waals surface area contributed by atoms with Crippen LogP contribution < -0.4 is 4.90 Å². The van der Waals surface area contributed by atoms with Gasteiger partial charge in [0.1, 0.15) is 5.82 Å². The molecule has 19 heavy (non-hydrogen) atoms. The average Bonchev–Trinajstić information content (AvgIpc) is 3.22. The first kappa shape index (κ1) is 12.3. The second kappa shape index (κ2) is 4.43. The van der Waals surface area contributed by atoms with E-state index in [1.54, 1.807) is 0 Å². The van der Waals surface area contributed by atoms with E-state index in [2.05, 4.69) is 9.88 Å². The Morgan fingerprint density at radius 2 is 1.68 bits per heavy atom. The Labute approximate surface area is 109 Å². The number of piperazine rings is 1. The molecule has 101 valence electrons. The summed E-state index contributed by atoms with van der Waals surface area (Å²) >= 11 is 0. The van der Waals surface area contributed by atoms with Gasteiger partial charge >= 0.3 is 6.18 Å². The fourth-order valence-corrected chi connectivity index (χ4v) is 2.21. The van der Waals surface area contributed by atoms with Crippen molar-refractivity contribution in [2.24, 2.45) is 0 Å². The Morgan fingerprint density at radius 1 is 1.05 bits per heavy atom. The van der Waals surface area contributed by atoms with E-state index in [4.69, 9.17) is 0 Å². The van der Waals surface area contributed by atoms with Crippen LogP contribution in [0.25, 0.3) is 0 Å². The number of halogens is 3. The topological polar surface area (TPSA) is 19.4 Å². The fraction of sp³-hybridized carbons (Fsp3) is 0.385. The fourth-order valence-electron chi connectivity index (χ4n) is 2.21. The molecule has 0 atom stereocenters. The highest BCUT2D eigenvalue weighted by atomic mass is 19.4. The molecule has 1 saturated heterocycles. The van der Waals surface area contributed by atoms with E-state index in [1.165, 1.54) is 11.9 Å². The van der Waals surface area contributed by atoms with E-state index in [0.717, 1.165) is 25.2 Å². The highest BCUT2D eigenvalue weighted by Crippen LogP contribution is 2.31. The van der Waals surface area contributed by atoms with Gasteiger partial charge < -0.3 is 9.80 Å². The molecule has 2 aliphatic rings. The van der Waals surface area contributed by atoms with Crippen LogP contribution in [0, 0.1) is 6.42 Å². The van der Waals surface area contributed by atoms with Gasteiger partial charge in [-0.05, 0) is 12.1 Å². The summed E-state index contributed by atoms with van der Waals surface area (Å²) in [7, 11) is 0. The summed E-state index contributed by atoms with van der Waals surface area (Å²) in [6.07, 6.45) is 0.991. The van der Waals surface area contributed by atoms with Gasteiger partial charge in [-0.1, -0.05) is 6.08 Å². The lowest BCUT2D eigenvalue weighted by molar-refractivity contribution is -0.137. The first-order valence-electron chi connectivity index (χ1n) is 6.12. The molecule has 6 heteroatoms. The first-order chi connectivity index (χ1) is 9.04. The normalized spacial score (nSPS) is 19.4. The van der Waals surface area contributed by atoms with Gasteiger partial charge in [-0.25, -0.2) is 4.98 Å². The van der Waals surface area contributed by atoms with E-state index >= 15 is 0 Å². The van der Waals surface area contributed by atoms with Crippen molar-refractivity contribution in [2.45, 2.75) is 6.18 Å². The van der Waals surface area contributed by atoms with Crippen LogP contribution in [0.15, 0.2) is 30.1 Å². The number of pyridine rings is 1. The number of rotatable bonds is 2. The number of aromatic nitrogens is 1. The van der Waals surface area contributed by atoms with E-state index in [9.17, 15) is 13.2 Å². The summed E-state index contributed by atoms with van der Waals surface area (Å²) in [4.78, 5) is 8.17. The molecule has 0 aromatic carbocycles. The number of alkyl halides is 3. The molecule has 0 unspecified atom stereocenters. The van der Waals surface area contributed by atoms with Crippen molar-refractivity contribution in [3.8, 4) is 0 Å². The van der Waals surface area contributed by atoms with Crippen LogP contribution in [0.2, 0.25) is 0 Å². The molecule has 0 bridgehead atoms. The zero-order chi connectivity index (χ0) is 13.5. The quantitative estimate of drug-likeness (QED) is 0.820. The van der Waals surface area contributed by atoms with Crippen molar-refractivity contribution in [1.29, 1.82) is 0 Å². The summed E-state index contributed by atoms with van der Waals surface area (Å²) < 4.78 is 37.9. The van der Waals surface area contributed by atoms with Crippen LogP contribution in [-0.2, 0) is 6.18 Å². The number of allylic oxidation sites excluding steroid dienone is 2. The van der Waals surface area contributed by atoms with Gasteiger partial charge in [0.05, 0.1) is 5.56 Å². The van der Waals surface area contributed by atoms with Gasteiger partial charge in [0.2, 0.25) is 0 Å². The van der Waals surface area contributed by atoms with Gasteiger partial charge in [0, 0.05) is 44.5 Å². The van der Waals surface area contributed by atoms with Crippen LogP contribution in [0.5, 0.6) is 0 Å². The maximum Gasteiger partial charge on any atom is 0.416 e. The third kappa shape index (κ3) is 2.67. The van der Waals surface area contributed by atoms with E-state index in [1.807, 2.05) is 17.4 Å². The van der Waals surface area contributed by atoms with E-state index in [-0.39, 0.29) is 0 Å². The van der Waals surface area contributed by atoms with Gasteiger partial charge in [-0.2, -0.15) is 13.2 Å². The van der Waals surface area contributed by atoms with Crippen LogP contribution >= 0.6 is 0 Å². The highest BCUT2D eigenvalue weighted by molar-refractivity contribution is 5.44. The molecular formula is C13H13F3N3. The minimum absolute atomic E-state index is 0.406. The number of hydrogen-bond donors (Lipinski definition) is 0. The molecule has 1 fully saturated rings. The predicted octanol–water partition coefficient (Wildman–Crippen LogP) is 2.32. The van der Waals surface area contributed by atoms with Crippen LogP contribution in [0.3, 0.4) is 0 Å². The Bertz CT molecular complexity index is 502. The molecule has 0 saturated carbocycles. The maximum absolute atomic E-state index is 12.6. The summed E-state index contributed by atoms with van der Waals surface area (Å²) in [5, 5.41) is 0. The number of anilines is 1. The molecule has 1 aromatic rings. The highest BCUT2D eigenvalue weighted by Gasteiger charge is 2.31. The Morgan fingerprint density at radius 3 is 2.26 bits per heavy atom. The minimum atomic E-state index is -4.31. The molecule has 1 aliphatic heterocycles. The van der Waals surface area contributed by atoms with Crippen LogP contribution in [-0.4, -0.2) is 36.1 Å². The lowest BCUT2D eigenvalue weighted by Crippen LogP contribution is -2.45. The van der Waals surface area contributed by atoms with Crippen molar-refractivity contribution in [3.63, 3.8) is 0 Å². The van der Waals surface area contributed by atoms with Gasteiger partial charge in [-0.3, -0.25) is 0 Å². The molecule has 0 spiro atoms. The van der Waals surface area contributed by atoms with Crippen LogP contribution in [0.1, 0.15) is 5.56 Å². The summed E-state index contributed by atoms with van der Waals surface area (Å²) in [5.74, 6) is 0.406. The molecule has 0 N–H and O–H groups in total. The van der Waals surface area contributed by atoms with Crippen molar-refractivity contribution >= 4 is 5.82 Å². The molecular weight excluding hydrogens is 255 g/mol. The third-order valence-electron chi connectivity index (χ3n) is 3.36. The first-order valence-corrected chi connectivity index (χ1v) is 6.12. The second-order valence-electron chi connectivity index (χ2n) is 4.63. The standard InChI is InChI=1S/C13H13F3N3/c14-13(15,16)10-3-4-17-12(9-10)19-7-5-18(6-8-19)11-1-2-11/h1-4,9H,5-8H2. The third-order valence-corrected chi connectivity index (χ3v) is 3.36. The molecule has 3 nitrogen and oxygen atoms in total. The summed E-state index contributed by atoms with van der Waals surface area (Å²) in [6.45, 7) is 3.03. The van der Waals surface area contributed by atoms with E-state index in [0.29, 0.717) is 18.9 Å². The van der Waals surface area contributed by atoms with Gasteiger partial charge in [0.15, 0.2) is 0 Å². The van der Waals surface area contributed by atoms with Gasteiger partial charge in [0.25, 0.3) is 0 Å². The largest absolute Gasteiger partial charge is 0.416 e. The van der Waals surface area contributed by atoms with Gasteiger partial charge in [-0.15, -0.1) is 0 Å². The smallest absolute Gasteiger partial charge is 0.371 e. The molecule has 2 heterocycles. The Balaban J connectivity index is 1.71. The van der Waals surface area contributed by atoms with Crippen molar-refractivity contribution < 1.29 is 13.2 Å². The van der Waals surface area contributed by atoms with Crippen LogP contribution in [0.4, 0.5) is 19.0 Å². The van der Waals surface area contributed by atoms with Crippen molar-refractivity contribution in [1.82, 2.24) is 9.88 Å². The zero-order valence-electron chi connectivity index (χ0n) is 10.2. The van der Waals surface area contributed by atoms with E-state index < -0.39 is 11.7 Å². The number of hydrogen-bond acceptors (Lipinski definition) is 3. The summed E-state index contributed by atoms with van der Waals surface area (Å²) in [6, 6.07) is 2.13. The Kier molecular flexibility index (Phi) is 2.88. The monoisotopic (exact) mass is 268 g/mol. The number of nitrogens with zero attached hydrogens (tertiary/aromatic N) is 3. The maximum atomic E-state index is 12.6. The second-order valence-corrected chi connectivity index (χ2v) is 4.63. The van der Waals surface area contributed by atoms with Crippen molar-refractivity contribution in [2.75, 3.05) is 31.1 Å². The van der Waals surface area contributed by atoms with Crippen molar-refractivity contribution in [3.05, 3.63) is 42.1 Å². The molecule has 1 radical (unpaired) electrons. The zero-order valence-corrected chi connectivity index (χ0v) is 10.2. The predicted molar refractivity (Wildman–Crippen MR) is 65.4 cm³/mol. The Hall–Kier alpha value is -1.72. The average molecular weight is 268 g/mol. The summed E-state index contributed by atoms with van der Waals surface area (Å²) in [5.41, 5.74) is 0.592. The lowest BCUT2D eigenvalue weighted by atomic mass is 10.2. The minimum Gasteiger partial charge on any atom is -0.371 e. The SMILES string of the molecule is FC(F)(F)c1ccnc(N2CCN(C3=C[CH]3)CC2)c1. The molecule has 3 rings (SSSR count). The molecule has 1 aromatic heterocycles. The lowest BCUT2D eigenvalue weighted by Gasteiger charge is -2.35. The molecule has 1 aliphatic carbocycles.